The smallest absolute Gasteiger partial charge is 0.119 e. The van der Waals surface area contributed by atoms with Crippen LogP contribution < -0.4 is 4.74 Å². The van der Waals surface area contributed by atoms with Crippen LogP contribution in [0.3, 0.4) is 0 Å². The highest BCUT2D eigenvalue weighted by Gasteiger charge is 2.23. The average molecular weight is 537 g/mol. The predicted molar refractivity (Wildman–Crippen MR) is 170 cm³/mol. The Labute approximate surface area is 239 Å². The molecule has 2 aliphatic carbocycles. The van der Waals surface area contributed by atoms with Crippen molar-refractivity contribution < 1.29 is 9.47 Å². The normalized spacial score (nSPS) is 22.4. The summed E-state index contributed by atoms with van der Waals surface area (Å²) in [6.45, 7) is 23.2. The van der Waals surface area contributed by atoms with Gasteiger partial charge in [-0.3, -0.25) is 4.90 Å². The Hall–Kier alpha value is -1.10. The summed E-state index contributed by atoms with van der Waals surface area (Å²) < 4.78 is 10.4. The van der Waals surface area contributed by atoms with Gasteiger partial charge in [0.1, 0.15) is 5.75 Å². The first kappa shape index (κ1) is 39.0. The van der Waals surface area contributed by atoms with Crippen molar-refractivity contribution >= 4 is 0 Å². The molecule has 4 heteroatoms. The number of methoxy groups -OCH3 is 2. The Morgan fingerprint density at radius 1 is 0.763 bits per heavy atom. The van der Waals surface area contributed by atoms with E-state index in [1.54, 1.807) is 14.2 Å². The van der Waals surface area contributed by atoms with Crippen LogP contribution in [0.4, 0.5) is 0 Å². The lowest BCUT2D eigenvalue weighted by Gasteiger charge is -2.35. The van der Waals surface area contributed by atoms with Crippen LogP contribution in [0.5, 0.6) is 5.75 Å². The summed E-state index contributed by atoms with van der Waals surface area (Å²) in [6, 6.07) is 10.1. The summed E-state index contributed by atoms with van der Waals surface area (Å²) >= 11 is 0. The molecule has 0 saturated heterocycles. The second-order valence-electron chi connectivity index (χ2n) is 10.2. The fourth-order valence-electron chi connectivity index (χ4n) is 5.21. The van der Waals surface area contributed by atoms with Crippen molar-refractivity contribution in [3.05, 3.63) is 29.8 Å². The summed E-state index contributed by atoms with van der Waals surface area (Å²) in [4.78, 5) is 5.08. The number of hydrogen-bond donors (Lipinski definition) is 0. The Morgan fingerprint density at radius 2 is 1.26 bits per heavy atom. The highest BCUT2D eigenvalue weighted by atomic mass is 16.5. The molecule has 0 radical (unpaired) electrons. The van der Waals surface area contributed by atoms with Crippen LogP contribution in [0.25, 0.3) is 0 Å². The first-order chi connectivity index (χ1) is 18.5. The molecule has 2 saturated carbocycles. The predicted octanol–water partition coefficient (Wildman–Crippen LogP) is 9.32. The molecule has 0 unspecified atom stereocenters. The van der Waals surface area contributed by atoms with Gasteiger partial charge in [0.05, 0.1) is 13.7 Å². The number of rotatable bonds is 9. The zero-order valence-electron chi connectivity index (χ0n) is 27.8. The lowest BCUT2D eigenvalue weighted by Crippen LogP contribution is -2.37. The number of benzene rings is 1. The third kappa shape index (κ3) is 16.8. The van der Waals surface area contributed by atoms with Gasteiger partial charge in [0.2, 0.25) is 0 Å². The molecule has 0 bridgehead atoms. The van der Waals surface area contributed by atoms with E-state index in [4.69, 9.17) is 9.47 Å². The van der Waals surface area contributed by atoms with E-state index < -0.39 is 0 Å². The molecule has 0 heterocycles. The largest absolute Gasteiger partial charge is 0.497 e. The van der Waals surface area contributed by atoms with Crippen molar-refractivity contribution in [3.63, 3.8) is 0 Å². The molecule has 2 fully saturated rings. The van der Waals surface area contributed by atoms with Crippen LogP contribution in [0.1, 0.15) is 119 Å². The van der Waals surface area contributed by atoms with E-state index >= 15 is 0 Å². The summed E-state index contributed by atoms with van der Waals surface area (Å²) in [7, 11) is 5.73. The van der Waals surface area contributed by atoms with Gasteiger partial charge < -0.3 is 14.4 Å². The van der Waals surface area contributed by atoms with Crippen molar-refractivity contribution in [3.8, 4) is 5.75 Å². The van der Waals surface area contributed by atoms with E-state index in [-0.39, 0.29) is 0 Å². The fourth-order valence-corrected chi connectivity index (χ4v) is 5.21. The molecule has 0 amide bonds. The van der Waals surface area contributed by atoms with E-state index in [2.05, 4.69) is 55.8 Å². The highest BCUT2D eigenvalue weighted by Crippen LogP contribution is 2.28. The van der Waals surface area contributed by atoms with Gasteiger partial charge in [-0.15, -0.1) is 0 Å². The van der Waals surface area contributed by atoms with E-state index in [0.29, 0.717) is 0 Å². The van der Waals surface area contributed by atoms with Crippen molar-refractivity contribution in [1.82, 2.24) is 9.80 Å². The average Bonchev–Trinajstić information content (AvgIpc) is 2.99. The second-order valence-corrected chi connectivity index (χ2v) is 10.2. The van der Waals surface area contributed by atoms with Crippen LogP contribution in [-0.4, -0.2) is 62.8 Å². The Kier molecular flexibility index (Phi) is 26.9. The zero-order chi connectivity index (χ0) is 29.3. The van der Waals surface area contributed by atoms with Gasteiger partial charge in [-0.25, -0.2) is 0 Å². The molecule has 4 nitrogen and oxygen atoms in total. The second kappa shape index (κ2) is 26.1. The first-order valence-electron chi connectivity index (χ1n) is 16.0. The molecule has 0 atom stereocenters. The van der Waals surface area contributed by atoms with Gasteiger partial charge in [-0.05, 0) is 94.5 Å². The maximum Gasteiger partial charge on any atom is 0.119 e. The third-order valence-corrected chi connectivity index (χ3v) is 7.68. The molecule has 0 spiro atoms. The molecule has 2 aliphatic rings. The topological polar surface area (TPSA) is 24.9 Å². The summed E-state index contributed by atoms with van der Waals surface area (Å²) in [6.07, 6.45) is 11.1. The minimum absolute atomic E-state index is 0.771. The minimum atomic E-state index is 0.771. The van der Waals surface area contributed by atoms with Crippen LogP contribution in [0, 0.1) is 11.8 Å². The Bertz CT molecular complexity index is 608. The zero-order valence-corrected chi connectivity index (χ0v) is 27.8. The fraction of sp³-hybridized carbons (Fsp3) is 0.824. The monoisotopic (exact) mass is 537 g/mol. The molecular weight excluding hydrogens is 468 g/mol. The van der Waals surface area contributed by atoms with Gasteiger partial charge in [-0.2, -0.15) is 0 Å². The van der Waals surface area contributed by atoms with E-state index in [1.807, 2.05) is 47.6 Å². The number of ether oxygens (including phenoxy) is 2. The van der Waals surface area contributed by atoms with Gasteiger partial charge >= 0.3 is 0 Å². The number of nitrogens with zero attached hydrogens (tertiary/aromatic N) is 2. The van der Waals surface area contributed by atoms with Gasteiger partial charge in [0.25, 0.3) is 0 Å². The SMILES string of the molecule is CC.CC.CC.CCN(Cc1cccc(OC)c1)C1CCC(C)CC1.COCCN(C)C1CCC(C)CC1. The summed E-state index contributed by atoms with van der Waals surface area (Å²) in [5, 5.41) is 0. The Balaban J connectivity index is 0. The van der Waals surface area contributed by atoms with Crippen LogP contribution in [0.15, 0.2) is 24.3 Å². The first-order valence-corrected chi connectivity index (χ1v) is 16.0. The van der Waals surface area contributed by atoms with Gasteiger partial charge in [0.15, 0.2) is 0 Å². The summed E-state index contributed by atoms with van der Waals surface area (Å²) in [5.74, 6) is 2.84. The summed E-state index contributed by atoms with van der Waals surface area (Å²) in [5.41, 5.74) is 1.36. The highest BCUT2D eigenvalue weighted by molar-refractivity contribution is 5.28. The van der Waals surface area contributed by atoms with Crippen molar-refractivity contribution in [2.24, 2.45) is 11.8 Å². The van der Waals surface area contributed by atoms with Crippen LogP contribution in [0.2, 0.25) is 0 Å². The number of hydrogen-bond acceptors (Lipinski definition) is 4. The molecule has 1 aromatic carbocycles. The molecule has 1 aromatic rings. The Morgan fingerprint density at radius 3 is 1.71 bits per heavy atom. The molecule has 0 N–H and O–H groups in total. The van der Waals surface area contributed by atoms with Gasteiger partial charge in [-0.1, -0.05) is 74.4 Å². The maximum atomic E-state index is 5.31. The molecular formula is C34H68N2O2. The minimum Gasteiger partial charge on any atom is -0.497 e. The van der Waals surface area contributed by atoms with E-state index in [9.17, 15) is 0 Å². The molecule has 38 heavy (non-hydrogen) atoms. The van der Waals surface area contributed by atoms with E-state index in [1.165, 1.54) is 56.9 Å². The quantitative estimate of drug-likeness (QED) is 0.314. The lowest BCUT2D eigenvalue weighted by atomic mass is 9.86. The van der Waals surface area contributed by atoms with Crippen molar-refractivity contribution in [2.75, 3.05) is 41.0 Å². The van der Waals surface area contributed by atoms with Gasteiger partial charge in [0, 0.05) is 32.3 Å². The molecule has 3 rings (SSSR count). The molecule has 0 aliphatic heterocycles. The van der Waals surface area contributed by atoms with Crippen LogP contribution >= 0.6 is 0 Å². The lowest BCUT2D eigenvalue weighted by molar-refractivity contribution is 0.115. The van der Waals surface area contributed by atoms with Crippen LogP contribution in [-0.2, 0) is 11.3 Å². The molecule has 0 aromatic heterocycles. The van der Waals surface area contributed by atoms with E-state index in [0.717, 1.165) is 55.9 Å². The maximum absolute atomic E-state index is 5.31. The van der Waals surface area contributed by atoms with Crippen molar-refractivity contribution in [1.29, 1.82) is 0 Å². The molecule has 226 valence electrons. The van der Waals surface area contributed by atoms with Crippen molar-refractivity contribution in [2.45, 2.75) is 132 Å². The number of likely N-dealkylation sites (N-methyl/N-ethyl adjacent to an activating group) is 1. The third-order valence-electron chi connectivity index (χ3n) is 7.68. The standard InChI is InChI=1S/C17H27NO.C11H23NO.3C2H6/c1-4-18(16-10-8-14(2)9-11-16)13-15-6-5-7-17(12-15)19-3;1-10-4-6-11(7-5-10)12(2)8-9-13-3;3*1-2/h5-7,12,14,16H,4,8-11,13H2,1-3H3;10-11H,4-9H2,1-3H3;3*1-2H3.